The molecule has 0 aromatic rings. The van der Waals surface area contributed by atoms with Crippen molar-refractivity contribution in [2.24, 2.45) is 0 Å². The van der Waals surface area contributed by atoms with E-state index in [0.29, 0.717) is 0 Å². The largest absolute Gasteiger partial charge is 0.395 e. The van der Waals surface area contributed by atoms with Gasteiger partial charge in [-0.25, -0.2) is 0 Å². The van der Waals surface area contributed by atoms with Gasteiger partial charge in [-0.15, -0.1) is 10.1 Å². The lowest BCUT2D eigenvalue weighted by molar-refractivity contribution is -0.742. The molecule has 0 aromatic carbocycles. The van der Waals surface area contributed by atoms with Gasteiger partial charge in [0.15, 0.2) is 0 Å². The van der Waals surface area contributed by atoms with Crippen LogP contribution in [0.25, 0.3) is 0 Å². The monoisotopic (exact) mass is 152 g/mol. The van der Waals surface area contributed by atoms with Gasteiger partial charge >= 0.3 is 0 Å². The molecule has 0 fully saturated rings. The van der Waals surface area contributed by atoms with Crippen molar-refractivity contribution in [3.63, 3.8) is 0 Å². The number of aliphatic hydroxyl groups excluding tert-OH is 1. The summed E-state index contributed by atoms with van der Waals surface area (Å²) in [4.78, 5) is 8.36. The highest BCUT2D eigenvalue weighted by molar-refractivity contribution is 4.35. The Labute approximate surface area is 58.6 Å². The Balaban J connectivity index is 0. The van der Waals surface area contributed by atoms with E-state index in [1.54, 1.807) is 0 Å². The van der Waals surface area contributed by atoms with Gasteiger partial charge in [0.2, 0.25) is 0 Å². The highest BCUT2D eigenvalue weighted by atomic mass is 16.9. The zero-order chi connectivity index (χ0) is 8.41. The lowest BCUT2D eigenvalue weighted by Gasteiger charge is -1.91. The van der Waals surface area contributed by atoms with Crippen LogP contribution in [0.4, 0.5) is 0 Å². The van der Waals surface area contributed by atoms with E-state index in [4.69, 9.17) is 20.4 Å². The zero-order valence-electron chi connectivity index (χ0n) is 5.78. The highest BCUT2D eigenvalue weighted by Gasteiger charge is 1.72. The van der Waals surface area contributed by atoms with Gasteiger partial charge in [-0.1, -0.05) is 6.92 Å². The average molecular weight is 152 g/mol. The normalized spacial score (nSPS) is 7.80. The first-order valence-electron chi connectivity index (χ1n) is 2.80. The smallest absolute Gasteiger partial charge is 0.291 e. The van der Waals surface area contributed by atoms with Crippen LogP contribution in [0.3, 0.4) is 0 Å². The fourth-order valence-electron chi connectivity index (χ4n) is 0.256. The predicted octanol–water partition coefficient (Wildman–Crippen LogP) is -0.759. The Morgan fingerprint density at radius 3 is 2.20 bits per heavy atom. The van der Waals surface area contributed by atoms with Crippen LogP contribution < -0.4 is 5.32 Å². The summed E-state index contributed by atoms with van der Waals surface area (Å²) in [6.07, 6.45) is 0. The molecule has 0 aliphatic heterocycles. The van der Waals surface area contributed by atoms with Crippen LogP contribution in [0.1, 0.15) is 6.92 Å². The molecular weight excluding hydrogens is 140 g/mol. The maximum Gasteiger partial charge on any atom is 0.291 e. The molecule has 6 heteroatoms. The summed E-state index contributed by atoms with van der Waals surface area (Å²) in [6.45, 7) is 3.92. The van der Waals surface area contributed by atoms with Gasteiger partial charge in [-0.05, 0) is 6.54 Å². The van der Waals surface area contributed by atoms with E-state index in [1.807, 2.05) is 6.92 Å². The molecule has 0 aliphatic carbocycles. The maximum absolute atomic E-state index is 8.36. The molecule has 0 radical (unpaired) electrons. The van der Waals surface area contributed by atoms with E-state index in [-0.39, 0.29) is 6.61 Å². The van der Waals surface area contributed by atoms with Crippen molar-refractivity contribution < 1.29 is 15.4 Å². The summed E-state index contributed by atoms with van der Waals surface area (Å²) >= 11 is 0. The minimum absolute atomic E-state index is 0.244. The first kappa shape index (κ1) is 11.9. The summed E-state index contributed by atoms with van der Waals surface area (Å²) in [5, 5.41) is 24.7. The number of nitrogens with zero attached hydrogens (tertiary/aromatic N) is 1. The summed E-state index contributed by atoms with van der Waals surface area (Å²) in [5.74, 6) is 0. The lowest BCUT2D eigenvalue weighted by Crippen LogP contribution is -2.16. The first-order valence-corrected chi connectivity index (χ1v) is 2.80. The van der Waals surface area contributed by atoms with E-state index < -0.39 is 5.09 Å². The van der Waals surface area contributed by atoms with E-state index in [1.165, 1.54) is 0 Å². The van der Waals surface area contributed by atoms with Crippen molar-refractivity contribution in [2.45, 2.75) is 6.92 Å². The average Bonchev–Trinajstić information content (AvgIpc) is 1.82. The molecule has 0 unspecified atom stereocenters. The number of nitrogens with one attached hydrogen (secondary N) is 1. The summed E-state index contributed by atoms with van der Waals surface area (Å²) in [5.41, 5.74) is 0. The molecule has 0 rings (SSSR count). The van der Waals surface area contributed by atoms with Crippen molar-refractivity contribution in [3.05, 3.63) is 10.1 Å². The van der Waals surface area contributed by atoms with Crippen LogP contribution in [0.2, 0.25) is 0 Å². The molecule has 3 N–H and O–H groups in total. The van der Waals surface area contributed by atoms with Gasteiger partial charge in [0.1, 0.15) is 0 Å². The minimum atomic E-state index is -1.50. The molecule has 62 valence electrons. The molecule has 0 atom stereocenters. The van der Waals surface area contributed by atoms with Crippen LogP contribution in [-0.4, -0.2) is 35.1 Å². The van der Waals surface area contributed by atoms with Crippen molar-refractivity contribution in [1.29, 1.82) is 0 Å². The van der Waals surface area contributed by atoms with Crippen LogP contribution >= 0.6 is 0 Å². The van der Waals surface area contributed by atoms with E-state index >= 15 is 0 Å². The highest BCUT2D eigenvalue weighted by Crippen LogP contribution is 1.51. The molecule has 0 bridgehead atoms. The Morgan fingerprint density at radius 1 is 1.70 bits per heavy atom. The third-order valence-electron chi connectivity index (χ3n) is 0.539. The number of aliphatic hydroxyl groups is 1. The van der Waals surface area contributed by atoms with Crippen LogP contribution in [0.15, 0.2) is 0 Å². The summed E-state index contributed by atoms with van der Waals surface area (Å²) < 4.78 is 0. The molecule has 0 saturated heterocycles. The second-order valence-electron chi connectivity index (χ2n) is 1.31. The standard InChI is InChI=1S/C4H11NO.HNO3/c1-2-5-3-4-6;2-1(3)4/h5-6H,2-4H2,1H3;(H,2,3,4). The van der Waals surface area contributed by atoms with Gasteiger partial charge in [0.25, 0.3) is 5.09 Å². The Hall–Kier alpha value is -0.880. The number of likely N-dealkylation sites (N-methyl/N-ethyl adjacent to an activating group) is 1. The van der Waals surface area contributed by atoms with Crippen molar-refractivity contribution >= 4 is 0 Å². The molecule has 0 amide bonds. The van der Waals surface area contributed by atoms with Gasteiger partial charge < -0.3 is 15.6 Å². The van der Waals surface area contributed by atoms with Gasteiger partial charge in [0.05, 0.1) is 6.61 Å². The predicted molar refractivity (Wildman–Crippen MR) is 34.4 cm³/mol. The van der Waals surface area contributed by atoms with E-state index in [0.717, 1.165) is 13.1 Å². The first-order chi connectivity index (χ1) is 4.65. The van der Waals surface area contributed by atoms with Crippen LogP contribution in [0, 0.1) is 10.1 Å². The SMILES string of the molecule is CCNCCO.O=[N+]([O-])O. The molecule has 0 heterocycles. The van der Waals surface area contributed by atoms with Crippen molar-refractivity contribution in [2.75, 3.05) is 19.7 Å². The molecule has 0 aliphatic rings. The molecule has 10 heavy (non-hydrogen) atoms. The molecule has 6 nitrogen and oxygen atoms in total. The van der Waals surface area contributed by atoms with Gasteiger partial charge in [-0.2, -0.15) is 0 Å². The number of rotatable bonds is 3. The van der Waals surface area contributed by atoms with Crippen molar-refractivity contribution in [1.82, 2.24) is 5.32 Å². The Morgan fingerprint density at radius 2 is 2.10 bits per heavy atom. The lowest BCUT2D eigenvalue weighted by atomic mass is 10.6. The zero-order valence-corrected chi connectivity index (χ0v) is 5.78. The van der Waals surface area contributed by atoms with E-state index in [9.17, 15) is 0 Å². The quantitative estimate of drug-likeness (QED) is 0.280. The van der Waals surface area contributed by atoms with Crippen LogP contribution in [-0.2, 0) is 0 Å². The molecule has 0 aromatic heterocycles. The topological polar surface area (TPSA) is 95.6 Å². The fourth-order valence-corrected chi connectivity index (χ4v) is 0.256. The van der Waals surface area contributed by atoms with E-state index in [2.05, 4.69) is 5.32 Å². The fraction of sp³-hybridized carbons (Fsp3) is 1.00. The number of hydrogen-bond donors (Lipinski definition) is 3. The maximum atomic E-state index is 8.36. The van der Waals surface area contributed by atoms with Gasteiger partial charge in [0, 0.05) is 6.54 Å². The van der Waals surface area contributed by atoms with Gasteiger partial charge in [-0.3, -0.25) is 0 Å². The second kappa shape index (κ2) is 11.0. The minimum Gasteiger partial charge on any atom is -0.395 e. The Bertz CT molecular complexity index is 69.7. The Kier molecular flexibility index (Phi) is 13.0. The second-order valence-corrected chi connectivity index (χ2v) is 1.31. The summed E-state index contributed by atoms with van der Waals surface area (Å²) in [7, 11) is 0. The summed E-state index contributed by atoms with van der Waals surface area (Å²) in [6, 6.07) is 0. The van der Waals surface area contributed by atoms with Crippen molar-refractivity contribution in [3.8, 4) is 0 Å². The third kappa shape index (κ3) is 59.3. The van der Waals surface area contributed by atoms with Crippen LogP contribution in [0.5, 0.6) is 0 Å². The molecule has 0 spiro atoms. The molecule has 0 saturated carbocycles. The molecular formula is C4H12N2O4. The third-order valence-corrected chi connectivity index (χ3v) is 0.539. The number of hydrogen-bond acceptors (Lipinski definition) is 4.